The molecular formula is C31H48O3. The van der Waals surface area contributed by atoms with E-state index < -0.39 is 5.97 Å². The molecule has 0 aromatic carbocycles. The second-order valence-corrected chi connectivity index (χ2v) is 13.7. The standard InChI is InChI=1S/C31H48O3/c1-19(2)20(3)9-10-21(27(33)34)22-13-17-31(8)24-11-12-25-28(4,5)26(32)15-16-29(25,6)23(24)14-18-30(22,31)7/h11,14,19,21-22,25-26,32H,3,9-10,12-13,15-18H2,1-2,4-8H3,(H,33,34)/t21-,22?,25?,26+,29?,30?,31+/m1/s1. The van der Waals surface area contributed by atoms with Gasteiger partial charge in [-0.2, -0.15) is 0 Å². The number of hydrogen-bond acceptors (Lipinski definition) is 2. The Morgan fingerprint density at radius 2 is 1.76 bits per heavy atom. The number of carbonyl (C=O) groups is 1. The van der Waals surface area contributed by atoms with E-state index >= 15 is 0 Å². The number of rotatable bonds is 6. The number of aliphatic hydroxyl groups excluding tert-OH is 1. The minimum absolute atomic E-state index is 0.0126. The van der Waals surface area contributed by atoms with E-state index in [1.54, 1.807) is 0 Å². The van der Waals surface area contributed by atoms with Gasteiger partial charge >= 0.3 is 5.97 Å². The maximum Gasteiger partial charge on any atom is 0.306 e. The maximum absolute atomic E-state index is 12.5. The van der Waals surface area contributed by atoms with Crippen molar-refractivity contribution in [1.29, 1.82) is 0 Å². The zero-order chi connectivity index (χ0) is 25.3. The number of allylic oxidation sites excluding steroid dienone is 5. The Bertz CT molecular complexity index is 923. The molecule has 0 radical (unpaired) electrons. The zero-order valence-corrected chi connectivity index (χ0v) is 22.7. The number of aliphatic carboxylic acids is 1. The van der Waals surface area contributed by atoms with E-state index in [0.717, 1.165) is 44.9 Å². The molecule has 2 fully saturated rings. The van der Waals surface area contributed by atoms with Crippen LogP contribution < -0.4 is 0 Å². The van der Waals surface area contributed by atoms with Crippen LogP contribution >= 0.6 is 0 Å². The highest BCUT2D eigenvalue weighted by atomic mass is 16.4. The van der Waals surface area contributed by atoms with Crippen LogP contribution in [0.25, 0.3) is 0 Å². The normalized spacial score (nSPS) is 41.6. The lowest BCUT2D eigenvalue weighted by atomic mass is 9.44. The Morgan fingerprint density at radius 1 is 1.09 bits per heavy atom. The topological polar surface area (TPSA) is 57.5 Å². The van der Waals surface area contributed by atoms with Crippen LogP contribution in [0.5, 0.6) is 0 Å². The minimum Gasteiger partial charge on any atom is -0.481 e. The van der Waals surface area contributed by atoms with Crippen molar-refractivity contribution in [2.75, 3.05) is 0 Å². The van der Waals surface area contributed by atoms with Crippen LogP contribution in [0.4, 0.5) is 0 Å². The molecule has 3 heteroatoms. The fraction of sp³-hybridized carbons (Fsp3) is 0.774. The fourth-order valence-corrected chi connectivity index (χ4v) is 8.80. The maximum atomic E-state index is 12.5. The van der Waals surface area contributed by atoms with Gasteiger partial charge in [0.05, 0.1) is 12.0 Å². The lowest BCUT2D eigenvalue weighted by Crippen LogP contribution is -2.54. The molecule has 4 aliphatic carbocycles. The Labute approximate surface area is 207 Å². The number of hydrogen-bond donors (Lipinski definition) is 2. The highest BCUT2D eigenvalue weighted by molar-refractivity contribution is 5.71. The molecule has 4 aliphatic rings. The molecule has 2 saturated carbocycles. The first-order valence-corrected chi connectivity index (χ1v) is 13.7. The second kappa shape index (κ2) is 8.36. The van der Waals surface area contributed by atoms with E-state index in [1.165, 1.54) is 16.7 Å². The first-order valence-electron chi connectivity index (χ1n) is 13.7. The average molecular weight is 469 g/mol. The summed E-state index contributed by atoms with van der Waals surface area (Å²) < 4.78 is 0. The summed E-state index contributed by atoms with van der Waals surface area (Å²) in [6.45, 7) is 20.3. The summed E-state index contributed by atoms with van der Waals surface area (Å²) in [5.41, 5.74) is 4.16. The van der Waals surface area contributed by atoms with Crippen molar-refractivity contribution in [3.05, 3.63) is 35.5 Å². The van der Waals surface area contributed by atoms with Gasteiger partial charge in [-0.3, -0.25) is 4.79 Å². The Kier molecular flexibility index (Phi) is 6.32. The van der Waals surface area contributed by atoms with Gasteiger partial charge in [0, 0.05) is 0 Å². The average Bonchev–Trinajstić information content (AvgIpc) is 3.02. The van der Waals surface area contributed by atoms with Gasteiger partial charge < -0.3 is 10.2 Å². The number of carboxylic acids is 1. The largest absolute Gasteiger partial charge is 0.481 e. The van der Waals surface area contributed by atoms with Crippen LogP contribution in [0.2, 0.25) is 0 Å². The summed E-state index contributed by atoms with van der Waals surface area (Å²) in [5, 5.41) is 21.1. The predicted octanol–water partition coefficient (Wildman–Crippen LogP) is 7.57. The van der Waals surface area contributed by atoms with E-state index in [4.69, 9.17) is 0 Å². The Balaban J connectivity index is 1.68. The van der Waals surface area contributed by atoms with Crippen molar-refractivity contribution in [3.63, 3.8) is 0 Å². The first kappa shape index (κ1) is 25.7. The molecule has 2 N–H and O–H groups in total. The number of aliphatic hydroxyl groups is 1. The van der Waals surface area contributed by atoms with Crippen molar-refractivity contribution in [2.24, 2.45) is 45.3 Å². The smallest absolute Gasteiger partial charge is 0.306 e. The van der Waals surface area contributed by atoms with Crippen LogP contribution in [0, 0.1) is 45.3 Å². The monoisotopic (exact) mass is 468 g/mol. The van der Waals surface area contributed by atoms with Gasteiger partial charge in [-0.05, 0) is 102 Å². The summed E-state index contributed by atoms with van der Waals surface area (Å²) in [6.07, 6.45) is 12.2. The van der Waals surface area contributed by atoms with Gasteiger partial charge in [0.15, 0.2) is 0 Å². The molecule has 0 aromatic rings. The second-order valence-electron chi connectivity index (χ2n) is 13.7. The van der Waals surface area contributed by atoms with Crippen LogP contribution in [-0.2, 0) is 4.79 Å². The van der Waals surface area contributed by atoms with E-state index in [-0.39, 0.29) is 39.6 Å². The van der Waals surface area contributed by atoms with Crippen molar-refractivity contribution in [1.82, 2.24) is 0 Å². The molecule has 0 spiro atoms. The summed E-state index contributed by atoms with van der Waals surface area (Å²) in [4.78, 5) is 12.5. The van der Waals surface area contributed by atoms with Crippen LogP contribution in [0.3, 0.4) is 0 Å². The van der Waals surface area contributed by atoms with Gasteiger partial charge in [0.1, 0.15) is 0 Å². The van der Waals surface area contributed by atoms with Crippen molar-refractivity contribution in [2.45, 2.75) is 106 Å². The molecule has 0 aliphatic heterocycles. The molecule has 0 saturated heterocycles. The lowest BCUT2D eigenvalue weighted by molar-refractivity contribution is -0.146. The number of carboxylic acid groups (broad SMARTS) is 1. The molecule has 190 valence electrons. The highest BCUT2D eigenvalue weighted by Crippen LogP contribution is 2.71. The summed E-state index contributed by atoms with van der Waals surface area (Å²) >= 11 is 0. The van der Waals surface area contributed by atoms with Gasteiger partial charge in [-0.1, -0.05) is 72.8 Å². The third kappa shape index (κ3) is 3.51. The molecule has 0 heterocycles. The highest BCUT2D eigenvalue weighted by Gasteiger charge is 2.63. The summed E-state index contributed by atoms with van der Waals surface area (Å²) in [6, 6.07) is 0. The Hall–Kier alpha value is -1.35. The van der Waals surface area contributed by atoms with Crippen molar-refractivity contribution in [3.8, 4) is 0 Å². The fourth-order valence-electron chi connectivity index (χ4n) is 8.80. The molecule has 3 nitrogen and oxygen atoms in total. The van der Waals surface area contributed by atoms with E-state index in [2.05, 4.69) is 67.2 Å². The zero-order valence-electron chi connectivity index (χ0n) is 22.7. The van der Waals surface area contributed by atoms with Crippen LogP contribution in [0.1, 0.15) is 99.8 Å². The first-order chi connectivity index (χ1) is 15.7. The predicted molar refractivity (Wildman–Crippen MR) is 139 cm³/mol. The third-order valence-electron chi connectivity index (χ3n) is 11.7. The molecule has 4 rings (SSSR count). The quantitative estimate of drug-likeness (QED) is 0.395. The third-order valence-corrected chi connectivity index (χ3v) is 11.7. The van der Waals surface area contributed by atoms with E-state index in [9.17, 15) is 15.0 Å². The molecular weight excluding hydrogens is 420 g/mol. The van der Waals surface area contributed by atoms with Gasteiger partial charge in [0.2, 0.25) is 0 Å². The van der Waals surface area contributed by atoms with Gasteiger partial charge in [0.25, 0.3) is 0 Å². The molecule has 34 heavy (non-hydrogen) atoms. The Morgan fingerprint density at radius 3 is 2.38 bits per heavy atom. The summed E-state index contributed by atoms with van der Waals surface area (Å²) in [7, 11) is 0. The van der Waals surface area contributed by atoms with Crippen molar-refractivity contribution < 1.29 is 15.0 Å². The summed E-state index contributed by atoms with van der Waals surface area (Å²) in [5.74, 6) is 0.0861. The lowest BCUT2D eigenvalue weighted by Gasteiger charge is -2.61. The van der Waals surface area contributed by atoms with Gasteiger partial charge in [-0.25, -0.2) is 0 Å². The van der Waals surface area contributed by atoms with Gasteiger partial charge in [-0.15, -0.1) is 0 Å². The van der Waals surface area contributed by atoms with Crippen LogP contribution in [-0.4, -0.2) is 22.3 Å². The van der Waals surface area contributed by atoms with E-state index in [0.29, 0.717) is 18.3 Å². The minimum atomic E-state index is -0.630. The molecule has 0 aromatic heterocycles. The number of fused-ring (bicyclic) bond motifs is 5. The van der Waals surface area contributed by atoms with E-state index in [1.807, 2.05) is 0 Å². The SMILES string of the molecule is C=C(CC[C@@H](C(=O)O)C1CC[C@@]2(C)C3=CCC4C(C)(CC[C@H](O)C4(C)C)C3=CCC12C)C(C)C. The van der Waals surface area contributed by atoms with Crippen LogP contribution in [0.15, 0.2) is 35.5 Å². The van der Waals surface area contributed by atoms with Crippen molar-refractivity contribution >= 4 is 5.97 Å². The molecule has 0 amide bonds. The molecule has 7 atom stereocenters. The molecule has 4 unspecified atom stereocenters. The molecule has 0 bridgehead atoms.